The van der Waals surface area contributed by atoms with Crippen LogP contribution < -0.4 is 4.74 Å². The number of sulfonamides is 1. The molecule has 1 aliphatic heterocycles. The molecular weight excluding hydrogens is 310 g/mol. The number of benzene rings is 1. The molecule has 0 bridgehead atoms. The van der Waals surface area contributed by atoms with E-state index in [9.17, 15) is 8.42 Å². The Morgan fingerprint density at radius 1 is 1.29 bits per heavy atom. The van der Waals surface area contributed by atoms with Crippen molar-refractivity contribution in [3.63, 3.8) is 0 Å². The van der Waals surface area contributed by atoms with Gasteiger partial charge in [-0.25, -0.2) is 8.42 Å². The fraction of sp³-hybridized carbons (Fsp3) is 0.600. The van der Waals surface area contributed by atoms with Crippen molar-refractivity contribution in [1.82, 2.24) is 4.31 Å². The van der Waals surface area contributed by atoms with Gasteiger partial charge in [0.05, 0.1) is 6.61 Å². The van der Waals surface area contributed by atoms with Crippen LogP contribution in [0.3, 0.4) is 0 Å². The smallest absolute Gasteiger partial charge is 0.246 e. The van der Waals surface area contributed by atoms with Gasteiger partial charge in [0, 0.05) is 18.1 Å². The van der Waals surface area contributed by atoms with Gasteiger partial charge in [-0.2, -0.15) is 4.31 Å². The molecule has 2 rings (SSSR count). The van der Waals surface area contributed by atoms with Crippen molar-refractivity contribution in [3.8, 4) is 5.75 Å². The molecular formula is C15H22ClNO3S. The fourth-order valence-electron chi connectivity index (χ4n) is 2.35. The predicted octanol–water partition coefficient (Wildman–Crippen LogP) is 3.61. The summed E-state index contributed by atoms with van der Waals surface area (Å²) < 4.78 is 32.7. The zero-order chi connectivity index (χ0) is 15.5. The first kappa shape index (κ1) is 16.6. The summed E-state index contributed by atoms with van der Waals surface area (Å²) in [5.74, 6) is 0.414. The molecule has 1 aromatic rings. The van der Waals surface area contributed by atoms with E-state index in [2.05, 4.69) is 6.92 Å². The zero-order valence-corrected chi connectivity index (χ0v) is 14.1. The van der Waals surface area contributed by atoms with Gasteiger partial charge in [-0.3, -0.25) is 0 Å². The van der Waals surface area contributed by atoms with Crippen molar-refractivity contribution >= 4 is 21.6 Å². The number of ether oxygens (including phenoxy) is 1. The van der Waals surface area contributed by atoms with Crippen LogP contribution >= 0.6 is 11.6 Å². The molecule has 118 valence electrons. The van der Waals surface area contributed by atoms with E-state index in [0.717, 1.165) is 31.2 Å². The molecule has 0 atom stereocenters. The Morgan fingerprint density at radius 2 is 1.95 bits per heavy atom. The monoisotopic (exact) mass is 331 g/mol. The summed E-state index contributed by atoms with van der Waals surface area (Å²) in [6.07, 6.45) is 3.71. The summed E-state index contributed by atoms with van der Waals surface area (Å²) in [5, 5.41) is 0.454. The molecule has 4 nitrogen and oxygen atoms in total. The lowest BCUT2D eigenvalue weighted by atomic mass is 10.2. The van der Waals surface area contributed by atoms with Gasteiger partial charge in [-0.1, -0.05) is 24.9 Å². The van der Waals surface area contributed by atoms with E-state index in [1.165, 1.54) is 10.4 Å². The van der Waals surface area contributed by atoms with Crippen LogP contribution in [0.25, 0.3) is 0 Å². The maximum absolute atomic E-state index is 12.7. The molecule has 1 saturated heterocycles. The second-order valence-corrected chi connectivity index (χ2v) is 7.67. The van der Waals surface area contributed by atoms with Crippen molar-refractivity contribution in [2.45, 2.75) is 44.4 Å². The predicted molar refractivity (Wildman–Crippen MR) is 84.6 cm³/mol. The Morgan fingerprint density at radius 3 is 2.57 bits per heavy atom. The van der Waals surface area contributed by atoms with Crippen LogP contribution in [0.4, 0.5) is 0 Å². The molecule has 0 spiro atoms. The zero-order valence-electron chi connectivity index (χ0n) is 12.6. The van der Waals surface area contributed by atoms with Gasteiger partial charge in [-0.05, 0) is 43.9 Å². The van der Waals surface area contributed by atoms with Crippen molar-refractivity contribution in [1.29, 1.82) is 0 Å². The molecule has 0 saturated carbocycles. The Bertz CT molecular complexity index is 595. The number of unbranched alkanes of at least 4 members (excludes halogenated alkanes) is 1. The maximum Gasteiger partial charge on any atom is 0.246 e. The van der Waals surface area contributed by atoms with Gasteiger partial charge in [0.25, 0.3) is 0 Å². The van der Waals surface area contributed by atoms with Gasteiger partial charge in [-0.15, -0.1) is 0 Å². The van der Waals surface area contributed by atoms with E-state index < -0.39 is 10.0 Å². The summed E-state index contributed by atoms with van der Waals surface area (Å²) in [5.41, 5.74) is 0.823. The highest BCUT2D eigenvalue weighted by Crippen LogP contribution is 2.33. The molecule has 0 aliphatic carbocycles. The summed E-state index contributed by atoms with van der Waals surface area (Å²) in [7, 11) is -3.52. The number of halogens is 1. The second kappa shape index (κ2) is 6.99. The number of nitrogens with zero attached hydrogens (tertiary/aromatic N) is 1. The highest BCUT2D eigenvalue weighted by Gasteiger charge is 2.30. The number of hydrogen-bond donors (Lipinski definition) is 0. The lowest BCUT2D eigenvalue weighted by Crippen LogP contribution is -2.28. The first-order valence-electron chi connectivity index (χ1n) is 7.40. The van der Waals surface area contributed by atoms with Gasteiger partial charge in [0.2, 0.25) is 10.0 Å². The molecule has 0 radical (unpaired) electrons. The molecule has 1 fully saturated rings. The SMILES string of the molecule is CCCCOc1cc(C)c(Cl)cc1S(=O)(=O)N1CCCC1. The van der Waals surface area contributed by atoms with Crippen LogP contribution in [0.2, 0.25) is 5.02 Å². The first-order valence-corrected chi connectivity index (χ1v) is 9.21. The minimum Gasteiger partial charge on any atom is -0.492 e. The average Bonchev–Trinajstić information content (AvgIpc) is 2.97. The number of aryl methyl sites for hydroxylation is 1. The molecule has 1 aliphatic rings. The van der Waals surface area contributed by atoms with E-state index >= 15 is 0 Å². The summed E-state index contributed by atoms with van der Waals surface area (Å²) in [6.45, 7) is 5.57. The van der Waals surface area contributed by atoms with Gasteiger partial charge in [0.1, 0.15) is 10.6 Å². The van der Waals surface area contributed by atoms with Crippen molar-refractivity contribution in [3.05, 3.63) is 22.7 Å². The molecule has 0 amide bonds. The van der Waals surface area contributed by atoms with E-state index in [1.54, 1.807) is 6.07 Å². The Balaban J connectivity index is 2.37. The van der Waals surface area contributed by atoms with Crippen LogP contribution in [0.1, 0.15) is 38.2 Å². The normalized spacial score (nSPS) is 16.3. The lowest BCUT2D eigenvalue weighted by molar-refractivity contribution is 0.300. The van der Waals surface area contributed by atoms with Crippen molar-refractivity contribution < 1.29 is 13.2 Å². The molecule has 1 heterocycles. The molecule has 1 aromatic carbocycles. The average molecular weight is 332 g/mol. The van der Waals surface area contributed by atoms with Crippen LogP contribution in [0.15, 0.2) is 17.0 Å². The molecule has 0 N–H and O–H groups in total. The van der Waals surface area contributed by atoms with Gasteiger partial charge in [0.15, 0.2) is 0 Å². The van der Waals surface area contributed by atoms with Gasteiger partial charge >= 0.3 is 0 Å². The van der Waals surface area contributed by atoms with Crippen molar-refractivity contribution in [2.24, 2.45) is 0 Å². The first-order chi connectivity index (χ1) is 9.96. The maximum atomic E-state index is 12.7. The second-order valence-electron chi connectivity index (χ2n) is 5.36. The standard InChI is InChI=1S/C15H22ClNO3S/c1-3-4-9-20-14-10-12(2)13(16)11-15(14)21(18,19)17-7-5-6-8-17/h10-11H,3-9H2,1-2H3. The third kappa shape index (κ3) is 3.71. The third-order valence-corrected chi connectivity index (χ3v) is 5.99. The van der Waals surface area contributed by atoms with E-state index in [0.29, 0.717) is 30.5 Å². The lowest BCUT2D eigenvalue weighted by Gasteiger charge is -2.19. The highest BCUT2D eigenvalue weighted by molar-refractivity contribution is 7.89. The van der Waals surface area contributed by atoms with Crippen molar-refractivity contribution in [2.75, 3.05) is 19.7 Å². The van der Waals surface area contributed by atoms with E-state index in [4.69, 9.17) is 16.3 Å². The molecule has 0 aromatic heterocycles. The van der Waals surface area contributed by atoms with Crippen LogP contribution in [-0.2, 0) is 10.0 Å². The molecule has 21 heavy (non-hydrogen) atoms. The minimum atomic E-state index is -3.52. The Kier molecular flexibility index (Phi) is 5.52. The molecule has 0 unspecified atom stereocenters. The topological polar surface area (TPSA) is 46.6 Å². The highest BCUT2D eigenvalue weighted by atomic mass is 35.5. The summed E-state index contributed by atoms with van der Waals surface area (Å²) >= 11 is 6.12. The van der Waals surface area contributed by atoms with Gasteiger partial charge < -0.3 is 4.74 Å². The van der Waals surface area contributed by atoms with E-state index in [-0.39, 0.29) is 4.90 Å². The van der Waals surface area contributed by atoms with E-state index in [1.807, 2.05) is 6.92 Å². The van der Waals surface area contributed by atoms with Crippen LogP contribution in [0, 0.1) is 6.92 Å². The largest absolute Gasteiger partial charge is 0.492 e. The van der Waals surface area contributed by atoms with Crippen LogP contribution in [0.5, 0.6) is 5.75 Å². The Labute approximate surface area is 132 Å². The quantitative estimate of drug-likeness (QED) is 0.748. The number of rotatable bonds is 6. The Hall–Kier alpha value is -0.780. The fourth-order valence-corrected chi connectivity index (χ4v) is 4.23. The third-order valence-electron chi connectivity index (χ3n) is 3.66. The summed E-state index contributed by atoms with van der Waals surface area (Å²) in [4.78, 5) is 0.191. The molecule has 6 heteroatoms. The number of hydrogen-bond acceptors (Lipinski definition) is 3. The van der Waals surface area contributed by atoms with Crippen LogP contribution in [-0.4, -0.2) is 32.4 Å². The minimum absolute atomic E-state index is 0.191. The summed E-state index contributed by atoms with van der Waals surface area (Å²) in [6, 6.07) is 3.24.